The molecule has 3 unspecified atom stereocenters. The maximum atomic E-state index is 13.8. The smallest absolute Gasteiger partial charge is 0.326 e. The fourth-order valence-electron chi connectivity index (χ4n) is 4.11. The van der Waals surface area contributed by atoms with E-state index < -0.39 is 18.1 Å². The van der Waals surface area contributed by atoms with Crippen LogP contribution < -0.4 is 0 Å². The Balaban J connectivity index is 1.99. The predicted molar refractivity (Wildman–Crippen MR) is 124 cm³/mol. The molecule has 0 aromatic heterocycles. The minimum absolute atomic E-state index is 0.0955. The summed E-state index contributed by atoms with van der Waals surface area (Å²) in [5.74, 6) is -1.44. The zero-order valence-corrected chi connectivity index (χ0v) is 19.8. The van der Waals surface area contributed by atoms with Gasteiger partial charge in [0.1, 0.15) is 12.1 Å². The Bertz CT molecular complexity index is 1020. The van der Waals surface area contributed by atoms with Gasteiger partial charge in [-0.15, -0.1) is 0 Å². The van der Waals surface area contributed by atoms with Gasteiger partial charge in [0.2, 0.25) is 0 Å². The van der Waals surface area contributed by atoms with Crippen LogP contribution in [0.5, 0.6) is 0 Å². The first-order valence-corrected chi connectivity index (χ1v) is 11.6. The van der Waals surface area contributed by atoms with Crippen molar-refractivity contribution < 1.29 is 19.4 Å². The van der Waals surface area contributed by atoms with Gasteiger partial charge in [-0.1, -0.05) is 56.7 Å². The van der Waals surface area contributed by atoms with Crippen LogP contribution >= 0.6 is 15.9 Å². The Labute approximate surface area is 196 Å². The van der Waals surface area contributed by atoms with Crippen molar-refractivity contribution in [2.45, 2.75) is 64.3 Å². The van der Waals surface area contributed by atoms with E-state index in [0.717, 1.165) is 30.4 Å². The number of hydrogen-bond donors (Lipinski definition) is 1. The molecule has 168 valence electrons. The highest BCUT2D eigenvalue weighted by Crippen LogP contribution is 2.34. The number of carbonyl (C=O) groups is 2. The third-order valence-corrected chi connectivity index (χ3v) is 6.77. The van der Waals surface area contributed by atoms with E-state index in [1.54, 1.807) is 12.1 Å². The Morgan fingerprint density at radius 1 is 1.25 bits per heavy atom. The number of aliphatic carboxylic acids is 1. The number of amides is 1. The number of carbonyl (C=O) groups excluding carboxylic acids is 1. The summed E-state index contributed by atoms with van der Waals surface area (Å²) in [5.41, 5.74) is 2.75. The number of halogens is 1. The molecule has 0 fully saturated rings. The molecule has 2 aromatic rings. The quantitative estimate of drug-likeness (QED) is 0.553. The van der Waals surface area contributed by atoms with Gasteiger partial charge in [-0.05, 0) is 51.5 Å². The normalized spacial score (nSPS) is 17.2. The monoisotopic (exact) mass is 498 g/mol. The summed E-state index contributed by atoms with van der Waals surface area (Å²) >= 11 is 3.44. The highest BCUT2D eigenvalue weighted by molar-refractivity contribution is 9.10. The summed E-state index contributed by atoms with van der Waals surface area (Å²) in [6.45, 7) is 4.24. The largest absolute Gasteiger partial charge is 0.480 e. The molecule has 32 heavy (non-hydrogen) atoms. The van der Waals surface area contributed by atoms with Crippen molar-refractivity contribution in [3.05, 3.63) is 69.2 Å². The van der Waals surface area contributed by atoms with Crippen LogP contribution in [0.15, 0.2) is 46.9 Å². The van der Waals surface area contributed by atoms with Crippen molar-refractivity contribution >= 4 is 27.8 Å². The molecule has 1 aliphatic rings. The van der Waals surface area contributed by atoms with E-state index in [9.17, 15) is 20.0 Å². The molecule has 0 saturated carbocycles. The number of fused-ring (bicyclic) bond motifs is 1. The van der Waals surface area contributed by atoms with E-state index in [2.05, 4.69) is 28.9 Å². The van der Waals surface area contributed by atoms with E-state index in [0.29, 0.717) is 15.6 Å². The van der Waals surface area contributed by atoms with Gasteiger partial charge < -0.3 is 14.7 Å². The van der Waals surface area contributed by atoms with Crippen molar-refractivity contribution in [1.29, 1.82) is 5.26 Å². The van der Waals surface area contributed by atoms with Gasteiger partial charge in [0.05, 0.1) is 11.7 Å². The van der Waals surface area contributed by atoms with Crippen LogP contribution in [-0.2, 0) is 27.3 Å². The van der Waals surface area contributed by atoms with Gasteiger partial charge >= 0.3 is 5.97 Å². The topological polar surface area (TPSA) is 90.6 Å². The summed E-state index contributed by atoms with van der Waals surface area (Å²) in [4.78, 5) is 27.3. The highest BCUT2D eigenvalue weighted by atomic mass is 79.9. The molecule has 0 aliphatic carbocycles. The van der Waals surface area contributed by atoms with Gasteiger partial charge in [-0.25, -0.2) is 4.79 Å². The summed E-state index contributed by atoms with van der Waals surface area (Å²) in [6, 6.07) is 13.8. The number of benzene rings is 2. The Kier molecular flexibility index (Phi) is 8.05. The standard InChI is InChI=1S/C25H27BrN2O4/c1-3-8-19(4-2)32-23(16-9-6-5-7-10-16)24(29)28-15-18-12-11-17(14-27)22(26)20(18)13-21(28)25(30)31/h5-7,9-12,19,21,23H,3-4,8,13,15H2,1-2H3,(H,30,31). The fourth-order valence-corrected chi connectivity index (χ4v) is 4.74. The van der Waals surface area contributed by atoms with E-state index in [1.807, 2.05) is 37.3 Å². The van der Waals surface area contributed by atoms with E-state index in [-0.39, 0.29) is 25.0 Å². The lowest BCUT2D eigenvalue weighted by atomic mass is 9.91. The predicted octanol–water partition coefficient (Wildman–Crippen LogP) is 5.00. The molecule has 1 heterocycles. The van der Waals surface area contributed by atoms with Crippen LogP contribution in [0, 0.1) is 11.3 Å². The van der Waals surface area contributed by atoms with Crippen LogP contribution in [0.2, 0.25) is 0 Å². The first-order chi connectivity index (χ1) is 15.4. The van der Waals surface area contributed by atoms with Gasteiger partial charge in [0.25, 0.3) is 5.91 Å². The Morgan fingerprint density at radius 3 is 2.56 bits per heavy atom. The van der Waals surface area contributed by atoms with E-state index >= 15 is 0 Å². The van der Waals surface area contributed by atoms with Crippen LogP contribution in [0.1, 0.15) is 61.5 Å². The second-order valence-corrected chi connectivity index (χ2v) is 8.74. The second-order valence-electron chi connectivity index (χ2n) is 7.95. The molecule has 1 N–H and O–H groups in total. The molecule has 0 bridgehead atoms. The summed E-state index contributed by atoms with van der Waals surface area (Å²) in [7, 11) is 0. The van der Waals surface area contributed by atoms with Crippen LogP contribution in [0.25, 0.3) is 0 Å². The maximum absolute atomic E-state index is 13.8. The molecule has 0 spiro atoms. The first kappa shape index (κ1) is 24.0. The zero-order chi connectivity index (χ0) is 23.3. The van der Waals surface area contributed by atoms with Crippen molar-refractivity contribution in [2.24, 2.45) is 0 Å². The second kappa shape index (κ2) is 10.8. The minimum Gasteiger partial charge on any atom is -0.480 e. The third-order valence-electron chi connectivity index (χ3n) is 5.86. The number of carboxylic acids is 1. The number of nitriles is 1. The van der Waals surface area contributed by atoms with Crippen molar-refractivity contribution in [1.82, 2.24) is 4.90 Å². The summed E-state index contributed by atoms with van der Waals surface area (Å²) in [6.07, 6.45) is 1.67. The lowest BCUT2D eigenvalue weighted by Crippen LogP contribution is -2.51. The number of nitrogens with zero attached hydrogens (tertiary/aromatic N) is 2. The minimum atomic E-state index is -1.08. The molecule has 3 atom stereocenters. The lowest BCUT2D eigenvalue weighted by molar-refractivity contribution is -0.160. The van der Waals surface area contributed by atoms with Gasteiger partial charge in [-0.3, -0.25) is 4.79 Å². The van der Waals surface area contributed by atoms with Crippen molar-refractivity contribution in [3.63, 3.8) is 0 Å². The number of carboxylic acid groups (broad SMARTS) is 1. The maximum Gasteiger partial charge on any atom is 0.326 e. The molecule has 2 aromatic carbocycles. The molecule has 1 aliphatic heterocycles. The van der Waals surface area contributed by atoms with Crippen LogP contribution in [-0.4, -0.2) is 34.0 Å². The van der Waals surface area contributed by atoms with Gasteiger partial charge in [0.15, 0.2) is 6.10 Å². The van der Waals surface area contributed by atoms with Gasteiger partial charge in [0, 0.05) is 17.4 Å². The van der Waals surface area contributed by atoms with Crippen LogP contribution in [0.4, 0.5) is 0 Å². The Morgan fingerprint density at radius 2 is 1.97 bits per heavy atom. The van der Waals surface area contributed by atoms with Crippen LogP contribution in [0.3, 0.4) is 0 Å². The first-order valence-electron chi connectivity index (χ1n) is 10.8. The van der Waals surface area contributed by atoms with E-state index in [1.165, 1.54) is 4.90 Å². The molecular formula is C25H27BrN2O4. The zero-order valence-electron chi connectivity index (χ0n) is 18.3. The van der Waals surface area contributed by atoms with E-state index in [4.69, 9.17) is 4.74 Å². The molecule has 0 radical (unpaired) electrons. The number of ether oxygens (including phenoxy) is 1. The highest BCUT2D eigenvalue weighted by Gasteiger charge is 2.39. The number of rotatable bonds is 8. The average molecular weight is 499 g/mol. The average Bonchev–Trinajstić information content (AvgIpc) is 2.81. The third kappa shape index (κ3) is 5.03. The molecular weight excluding hydrogens is 472 g/mol. The summed E-state index contributed by atoms with van der Waals surface area (Å²) in [5, 5.41) is 19.3. The summed E-state index contributed by atoms with van der Waals surface area (Å²) < 4.78 is 6.88. The fraction of sp³-hybridized carbons (Fsp3) is 0.400. The lowest BCUT2D eigenvalue weighted by Gasteiger charge is -2.37. The molecule has 3 rings (SSSR count). The number of hydrogen-bond acceptors (Lipinski definition) is 4. The molecule has 0 saturated heterocycles. The molecule has 6 nitrogen and oxygen atoms in total. The SMILES string of the molecule is CCCC(CC)OC(C(=O)N1Cc2ccc(C#N)c(Br)c2CC1C(=O)O)c1ccccc1. The van der Waals surface area contributed by atoms with Crippen molar-refractivity contribution in [2.75, 3.05) is 0 Å². The molecule has 7 heteroatoms. The van der Waals surface area contributed by atoms with Crippen molar-refractivity contribution in [3.8, 4) is 6.07 Å². The Hall–Kier alpha value is -2.69. The van der Waals surface area contributed by atoms with Gasteiger partial charge in [-0.2, -0.15) is 5.26 Å². The molecule has 1 amide bonds.